The van der Waals surface area contributed by atoms with Crippen molar-refractivity contribution in [1.29, 1.82) is 0 Å². The van der Waals surface area contributed by atoms with E-state index in [4.69, 9.17) is 10.5 Å². The van der Waals surface area contributed by atoms with Crippen molar-refractivity contribution < 1.29 is 4.74 Å². The fourth-order valence-corrected chi connectivity index (χ4v) is 1.33. The van der Waals surface area contributed by atoms with E-state index >= 15 is 0 Å². The molecule has 0 radical (unpaired) electrons. The summed E-state index contributed by atoms with van der Waals surface area (Å²) >= 11 is 0. The Bertz CT molecular complexity index is 306. The Morgan fingerprint density at radius 3 is 3.00 bits per heavy atom. The van der Waals surface area contributed by atoms with E-state index in [9.17, 15) is 0 Å². The Morgan fingerprint density at radius 2 is 2.31 bits per heavy atom. The predicted molar refractivity (Wildman–Crippen MR) is 64.5 cm³/mol. The van der Waals surface area contributed by atoms with Gasteiger partial charge >= 0.3 is 0 Å². The normalized spacial score (nSPS) is 12.2. The second kappa shape index (κ2) is 7.00. The molecular formula is C11H20N4O. The number of anilines is 1. The van der Waals surface area contributed by atoms with Gasteiger partial charge in [0.1, 0.15) is 12.1 Å². The molecule has 0 fully saturated rings. The molecule has 16 heavy (non-hydrogen) atoms. The topological polar surface area (TPSA) is 73.1 Å². The minimum Gasteiger partial charge on any atom is -0.481 e. The maximum atomic E-state index is 5.55. The van der Waals surface area contributed by atoms with Crippen LogP contribution in [0, 0.1) is 5.92 Å². The molecule has 1 rings (SSSR count). The van der Waals surface area contributed by atoms with Crippen LogP contribution in [0.1, 0.15) is 19.8 Å². The first-order valence-corrected chi connectivity index (χ1v) is 5.56. The van der Waals surface area contributed by atoms with E-state index < -0.39 is 0 Å². The molecule has 0 saturated heterocycles. The predicted octanol–water partition coefficient (Wildman–Crippen LogP) is 1.27. The Labute approximate surface area is 96.4 Å². The van der Waals surface area contributed by atoms with Gasteiger partial charge in [-0.25, -0.2) is 9.97 Å². The second-order valence-corrected chi connectivity index (χ2v) is 3.86. The van der Waals surface area contributed by atoms with E-state index in [0.29, 0.717) is 11.8 Å². The molecule has 0 aliphatic carbocycles. The molecule has 1 atom stereocenters. The zero-order chi connectivity index (χ0) is 11.8. The van der Waals surface area contributed by atoms with Gasteiger partial charge < -0.3 is 15.8 Å². The number of nitrogens with one attached hydrogen (secondary N) is 1. The monoisotopic (exact) mass is 224 g/mol. The summed E-state index contributed by atoms with van der Waals surface area (Å²) in [6, 6.07) is 1.78. The molecule has 0 spiro atoms. The first-order chi connectivity index (χ1) is 7.76. The van der Waals surface area contributed by atoms with Gasteiger partial charge in [0.2, 0.25) is 5.88 Å². The summed E-state index contributed by atoms with van der Waals surface area (Å²) in [5.74, 6) is 1.96. The van der Waals surface area contributed by atoms with Gasteiger partial charge in [-0.1, -0.05) is 6.92 Å². The molecule has 1 aromatic rings. The fraction of sp³-hybridized carbons (Fsp3) is 0.636. The van der Waals surface area contributed by atoms with Crippen LogP contribution in [-0.2, 0) is 0 Å². The summed E-state index contributed by atoms with van der Waals surface area (Å²) in [5.41, 5.74) is 5.55. The van der Waals surface area contributed by atoms with E-state index in [0.717, 1.165) is 31.7 Å². The van der Waals surface area contributed by atoms with Gasteiger partial charge in [-0.2, -0.15) is 0 Å². The van der Waals surface area contributed by atoms with Crippen molar-refractivity contribution in [3.63, 3.8) is 0 Å². The molecule has 1 aromatic heterocycles. The summed E-state index contributed by atoms with van der Waals surface area (Å²) in [6.07, 6.45) is 3.71. The van der Waals surface area contributed by atoms with Crippen LogP contribution in [0.5, 0.6) is 5.88 Å². The maximum Gasteiger partial charge on any atom is 0.218 e. The largest absolute Gasteiger partial charge is 0.481 e. The molecule has 5 heteroatoms. The molecule has 1 heterocycles. The van der Waals surface area contributed by atoms with Crippen molar-refractivity contribution in [2.75, 3.05) is 25.5 Å². The maximum absolute atomic E-state index is 5.55. The van der Waals surface area contributed by atoms with Crippen molar-refractivity contribution >= 4 is 5.82 Å². The zero-order valence-corrected chi connectivity index (χ0v) is 9.94. The summed E-state index contributed by atoms with van der Waals surface area (Å²) in [7, 11) is 1.59. The van der Waals surface area contributed by atoms with Crippen LogP contribution in [0.25, 0.3) is 0 Å². The van der Waals surface area contributed by atoms with E-state index in [-0.39, 0.29) is 0 Å². The van der Waals surface area contributed by atoms with Crippen molar-refractivity contribution in [3.8, 4) is 5.88 Å². The Balaban J connectivity index is 2.26. The van der Waals surface area contributed by atoms with Crippen molar-refractivity contribution in [1.82, 2.24) is 9.97 Å². The number of nitrogens with two attached hydrogens (primary N) is 1. The Hall–Kier alpha value is -1.36. The standard InChI is InChI=1S/C11H20N4O/c1-9(7-12)4-3-5-13-10-6-11(16-2)15-8-14-10/h6,8-9H,3-5,7,12H2,1-2H3,(H,13,14,15). The summed E-state index contributed by atoms with van der Waals surface area (Å²) in [4.78, 5) is 8.04. The highest BCUT2D eigenvalue weighted by atomic mass is 16.5. The van der Waals surface area contributed by atoms with Crippen LogP contribution in [0.15, 0.2) is 12.4 Å². The van der Waals surface area contributed by atoms with Gasteiger partial charge in [-0.15, -0.1) is 0 Å². The average Bonchev–Trinajstić information content (AvgIpc) is 2.34. The Kier molecular flexibility index (Phi) is 5.56. The zero-order valence-electron chi connectivity index (χ0n) is 9.94. The SMILES string of the molecule is COc1cc(NCCCC(C)CN)ncn1. The summed E-state index contributed by atoms with van der Waals surface area (Å²) < 4.78 is 5.01. The van der Waals surface area contributed by atoms with Gasteiger partial charge in [0.15, 0.2) is 0 Å². The highest BCUT2D eigenvalue weighted by Crippen LogP contribution is 2.10. The van der Waals surface area contributed by atoms with Crippen LogP contribution < -0.4 is 15.8 Å². The summed E-state index contributed by atoms with van der Waals surface area (Å²) in [5, 5.41) is 3.23. The fourth-order valence-electron chi connectivity index (χ4n) is 1.33. The van der Waals surface area contributed by atoms with Crippen LogP contribution in [0.3, 0.4) is 0 Å². The second-order valence-electron chi connectivity index (χ2n) is 3.86. The summed E-state index contributed by atoms with van der Waals surface area (Å²) in [6.45, 7) is 3.81. The number of methoxy groups -OCH3 is 1. The number of hydrogen-bond acceptors (Lipinski definition) is 5. The van der Waals surface area contributed by atoms with E-state index in [2.05, 4.69) is 22.2 Å². The number of rotatable bonds is 7. The smallest absolute Gasteiger partial charge is 0.218 e. The lowest BCUT2D eigenvalue weighted by molar-refractivity contribution is 0.397. The molecule has 0 aliphatic rings. The van der Waals surface area contributed by atoms with Gasteiger partial charge in [0.25, 0.3) is 0 Å². The third kappa shape index (κ3) is 4.44. The minimum atomic E-state index is 0.577. The van der Waals surface area contributed by atoms with Crippen molar-refractivity contribution in [3.05, 3.63) is 12.4 Å². The quantitative estimate of drug-likeness (QED) is 0.682. The Morgan fingerprint density at radius 1 is 1.50 bits per heavy atom. The molecule has 5 nitrogen and oxygen atoms in total. The molecule has 1 unspecified atom stereocenters. The molecule has 0 aliphatic heterocycles. The third-order valence-corrected chi connectivity index (χ3v) is 2.43. The number of hydrogen-bond donors (Lipinski definition) is 2. The third-order valence-electron chi connectivity index (χ3n) is 2.43. The number of aromatic nitrogens is 2. The molecule has 0 amide bonds. The molecule has 3 N–H and O–H groups in total. The van der Waals surface area contributed by atoms with Gasteiger partial charge in [-0.05, 0) is 25.3 Å². The van der Waals surface area contributed by atoms with Gasteiger partial charge in [0, 0.05) is 12.6 Å². The molecule has 0 bridgehead atoms. The lowest BCUT2D eigenvalue weighted by Gasteiger charge is -2.09. The first-order valence-electron chi connectivity index (χ1n) is 5.56. The van der Waals surface area contributed by atoms with E-state index in [1.807, 2.05) is 0 Å². The average molecular weight is 224 g/mol. The lowest BCUT2D eigenvalue weighted by Crippen LogP contribution is -2.12. The molecule has 0 saturated carbocycles. The highest BCUT2D eigenvalue weighted by molar-refractivity contribution is 5.36. The van der Waals surface area contributed by atoms with Crippen LogP contribution in [0.2, 0.25) is 0 Å². The van der Waals surface area contributed by atoms with Crippen LogP contribution in [0.4, 0.5) is 5.82 Å². The van der Waals surface area contributed by atoms with Gasteiger partial charge in [0.05, 0.1) is 7.11 Å². The molecule has 90 valence electrons. The number of ether oxygens (including phenoxy) is 1. The van der Waals surface area contributed by atoms with Gasteiger partial charge in [-0.3, -0.25) is 0 Å². The minimum absolute atomic E-state index is 0.577. The van der Waals surface area contributed by atoms with Crippen molar-refractivity contribution in [2.24, 2.45) is 11.7 Å². The van der Waals surface area contributed by atoms with Crippen LogP contribution in [-0.4, -0.2) is 30.2 Å². The van der Waals surface area contributed by atoms with E-state index in [1.165, 1.54) is 6.33 Å². The van der Waals surface area contributed by atoms with E-state index in [1.54, 1.807) is 13.2 Å². The first kappa shape index (κ1) is 12.7. The van der Waals surface area contributed by atoms with Crippen LogP contribution >= 0.6 is 0 Å². The number of nitrogens with zero attached hydrogens (tertiary/aromatic N) is 2. The lowest BCUT2D eigenvalue weighted by atomic mass is 10.1. The molecule has 0 aromatic carbocycles. The molecular weight excluding hydrogens is 204 g/mol. The highest BCUT2D eigenvalue weighted by Gasteiger charge is 2.00. The van der Waals surface area contributed by atoms with Crippen molar-refractivity contribution in [2.45, 2.75) is 19.8 Å².